The van der Waals surface area contributed by atoms with Crippen LogP contribution in [0.5, 0.6) is 5.75 Å². The zero-order valence-corrected chi connectivity index (χ0v) is 18.9. The second-order valence-corrected chi connectivity index (χ2v) is 10.2. The van der Waals surface area contributed by atoms with Gasteiger partial charge in [0.25, 0.3) is 5.91 Å². The highest BCUT2D eigenvalue weighted by Crippen LogP contribution is 2.54. The molecule has 2 aromatic rings. The number of rotatable bonds is 3. The molecule has 3 aliphatic rings. The maximum Gasteiger partial charge on any atom is 0.257 e. The minimum Gasteiger partial charge on any atom is -0.490 e. The van der Waals surface area contributed by atoms with Gasteiger partial charge >= 0.3 is 0 Å². The first kappa shape index (κ1) is 21.2. The third-order valence-corrected chi connectivity index (χ3v) is 7.61. The lowest BCUT2D eigenvalue weighted by atomic mass is 9.67. The minimum atomic E-state index is -1.91. The van der Waals surface area contributed by atoms with Gasteiger partial charge in [0.2, 0.25) is 0 Å². The molecule has 1 unspecified atom stereocenters. The quantitative estimate of drug-likeness (QED) is 0.737. The van der Waals surface area contributed by atoms with Gasteiger partial charge in [-0.1, -0.05) is 17.8 Å². The maximum absolute atomic E-state index is 14.1. The minimum absolute atomic E-state index is 0.0209. The van der Waals surface area contributed by atoms with E-state index < -0.39 is 17.1 Å². The lowest BCUT2D eigenvalue weighted by molar-refractivity contribution is -0.132. The van der Waals surface area contributed by atoms with E-state index in [0.29, 0.717) is 17.3 Å². The van der Waals surface area contributed by atoms with E-state index in [0.717, 1.165) is 35.3 Å². The molecule has 1 aromatic carbocycles. The molecule has 1 saturated carbocycles. The number of hydrogen-bond donors (Lipinski definition) is 2. The monoisotopic (exact) mass is 455 g/mol. The smallest absolute Gasteiger partial charge is 0.257 e. The van der Waals surface area contributed by atoms with E-state index in [4.69, 9.17) is 15.5 Å². The van der Waals surface area contributed by atoms with Gasteiger partial charge in [0, 0.05) is 41.2 Å². The molecular weight excluding hydrogens is 429 g/mol. The number of ether oxygens (including phenoxy) is 1. The summed E-state index contributed by atoms with van der Waals surface area (Å²) in [5.41, 5.74) is 6.60. The number of fused-ring (bicyclic) bond motifs is 4. The molecule has 168 valence electrons. The number of nitrogens with one attached hydrogen (secondary N) is 1. The zero-order chi connectivity index (χ0) is 22.5. The molecule has 9 heteroatoms. The van der Waals surface area contributed by atoms with Gasteiger partial charge < -0.3 is 15.8 Å². The molecule has 1 amide bonds. The molecule has 1 aromatic heterocycles. The molecule has 1 aliphatic carbocycles. The van der Waals surface area contributed by atoms with Gasteiger partial charge in [0.15, 0.2) is 10.8 Å². The average molecular weight is 456 g/mol. The van der Waals surface area contributed by atoms with Gasteiger partial charge in [-0.25, -0.2) is 19.4 Å². The molecule has 0 radical (unpaired) electrons. The van der Waals surface area contributed by atoms with Crippen molar-refractivity contribution in [2.24, 2.45) is 16.6 Å². The maximum atomic E-state index is 14.1. The number of aliphatic imine (C=N–C) groups is 1. The number of carbonyl (C=O) groups is 1. The first-order valence-corrected chi connectivity index (χ1v) is 11.8. The van der Waals surface area contributed by atoms with E-state index in [1.54, 1.807) is 24.2 Å². The lowest BCUT2D eigenvalue weighted by Crippen LogP contribution is -2.55. The van der Waals surface area contributed by atoms with Crippen molar-refractivity contribution in [3.8, 4) is 16.9 Å². The predicted octanol–water partition coefficient (Wildman–Crippen LogP) is 3.19. The molecule has 32 heavy (non-hydrogen) atoms. The molecule has 5 rings (SSSR count). The van der Waals surface area contributed by atoms with E-state index in [1.165, 1.54) is 20.2 Å². The number of benzene rings is 1. The third-order valence-electron chi connectivity index (χ3n) is 6.64. The highest BCUT2D eigenvalue weighted by Gasteiger charge is 2.55. The van der Waals surface area contributed by atoms with Crippen LogP contribution in [0, 0.1) is 5.92 Å². The number of amidine groups is 1. The van der Waals surface area contributed by atoms with Crippen LogP contribution in [-0.2, 0) is 10.3 Å². The summed E-state index contributed by atoms with van der Waals surface area (Å²) >= 11 is 1.54. The summed E-state index contributed by atoms with van der Waals surface area (Å²) in [6, 6.07) is 5.97. The number of hydrogen-bond acceptors (Lipinski definition) is 7. The van der Waals surface area contributed by atoms with Crippen molar-refractivity contribution >= 4 is 22.8 Å². The van der Waals surface area contributed by atoms with Crippen LogP contribution in [0.3, 0.4) is 0 Å². The zero-order valence-electron chi connectivity index (χ0n) is 18.0. The summed E-state index contributed by atoms with van der Waals surface area (Å²) < 4.78 is 20.6. The number of aromatic nitrogens is 2. The Morgan fingerprint density at radius 1 is 1.28 bits per heavy atom. The molecule has 4 atom stereocenters. The Kier molecular flexibility index (Phi) is 5.11. The fraction of sp³-hybridized carbons (Fsp3) is 0.478. The van der Waals surface area contributed by atoms with Crippen molar-refractivity contribution in [3.63, 3.8) is 0 Å². The second-order valence-electron chi connectivity index (χ2n) is 9.22. The Hall–Kier alpha value is -2.68. The molecule has 0 bridgehead atoms. The van der Waals surface area contributed by atoms with Crippen LogP contribution in [-0.4, -0.2) is 44.6 Å². The van der Waals surface area contributed by atoms with Crippen molar-refractivity contribution in [2.45, 2.75) is 56.5 Å². The second kappa shape index (κ2) is 7.72. The first-order chi connectivity index (χ1) is 15.3. The lowest BCUT2D eigenvalue weighted by Gasteiger charge is -2.49. The number of halogens is 1. The first-order valence-electron chi connectivity index (χ1n) is 10.8. The molecule has 2 aliphatic heterocycles. The standard InChI is InChI=1S/C23H26FN5O2S/c1-22(2,24)20(30)28-15-4-6-19-17(8-15)23(11-32-21(25)29-23)16-7-13(3-5-18(16)31-19)14-9-26-12-27-10-14/h3,5,7,9-10,12,15,17,19H,4,6,8,11H2,1-2H3,(H2,25,29)(H,28,30)/t15-,17-,19-,23?/m0/s1. The third kappa shape index (κ3) is 3.62. The summed E-state index contributed by atoms with van der Waals surface area (Å²) in [6.45, 7) is 2.56. The molecule has 7 nitrogen and oxygen atoms in total. The normalized spacial score (nSPS) is 29.0. The number of nitrogens with two attached hydrogens (primary N) is 1. The summed E-state index contributed by atoms with van der Waals surface area (Å²) in [5.74, 6) is 0.966. The molecule has 3 heterocycles. The van der Waals surface area contributed by atoms with Gasteiger partial charge in [0.1, 0.15) is 23.7 Å². The van der Waals surface area contributed by atoms with Gasteiger partial charge in [-0.3, -0.25) is 4.79 Å². The molecule has 1 fully saturated rings. The molecule has 3 N–H and O–H groups in total. The summed E-state index contributed by atoms with van der Waals surface area (Å²) in [7, 11) is 0. The Morgan fingerprint density at radius 2 is 2.06 bits per heavy atom. The highest BCUT2D eigenvalue weighted by molar-refractivity contribution is 8.14. The SMILES string of the molecule is CC(C)(F)C(=O)N[C@H]1CC[C@@H]2Oc3ccc(-c4cncnc4)cc3C3(CSC(N)=N3)[C@H]2C1. The van der Waals surface area contributed by atoms with Crippen molar-refractivity contribution in [1.82, 2.24) is 15.3 Å². The largest absolute Gasteiger partial charge is 0.490 e. The Bertz CT molecular complexity index is 1070. The number of alkyl halides is 1. The van der Waals surface area contributed by atoms with Crippen LogP contribution in [0.15, 0.2) is 41.9 Å². The van der Waals surface area contributed by atoms with Crippen LogP contribution >= 0.6 is 11.8 Å². The molecule has 0 saturated heterocycles. The Labute approximate surface area is 190 Å². The van der Waals surface area contributed by atoms with Crippen molar-refractivity contribution in [2.75, 3.05) is 5.75 Å². The molecular formula is C23H26FN5O2S. The van der Waals surface area contributed by atoms with E-state index in [-0.39, 0.29) is 18.1 Å². The topological polar surface area (TPSA) is 102 Å². The van der Waals surface area contributed by atoms with Crippen molar-refractivity contribution < 1.29 is 13.9 Å². The van der Waals surface area contributed by atoms with Crippen molar-refractivity contribution in [3.05, 3.63) is 42.5 Å². The number of thioether (sulfide) groups is 1. The van der Waals surface area contributed by atoms with Crippen LogP contribution in [0.25, 0.3) is 11.1 Å². The van der Waals surface area contributed by atoms with E-state index in [2.05, 4.69) is 21.4 Å². The van der Waals surface area contributed by atoms with E-state index in [1.807, 2.05) is 12.1 Å². The van der Waals surface area contributed by atoms with Gasteiger partial charge in [0.05, 0.1) is 0 Å². The molecule has 1 spiro atoms. The van der Waals surface area contributed by atoms with Gasteiger partial charge in [-0.15, -0.1) is 0 Å². The fourth-order valence-electron chi connectivity index (χ4n) is 5.01. The number of nitrogens with zero attached hydrogens (tertiary/aromatic N) is 3. The van der Waals surface area contributed by atoms with Gasteiger partial charge in [-0.05, 0) is 50.8 Å². The average Bonchev–Trinajstić information content (AvgIpc) is 3.16. The summed E-state index contributed by atoms with van der Waals surface area (Å²) in [4.78, 5) is 25.5. The van der Waals surface area contributed by atoms with E-state index in [9.17, 15) is 9.18 Å². The Balaban J connectivity index is 1.52. The Morgan fingerprint density at radius 3 is 2.75 bits per heavy atom. The number of amides is 1. The fourth-order valence-corrected chi connectivity index (χ4v) is 6.04. The predicted molar refractivity (Wildman–Crippen MR) is 122 cm³/mol. The highest BCUT2D eigenvalue weighted by atomic mass is 32.2. The van der Waals surface area contributed by atoms with Crippen LogP contribution < -0.4 is 15.8 Å². The van der Waals surface area contributed by atoms with Gasteiger partial charge in [-0.2, -0.15) is 0 Å². The van der Waals surface area contributed by atoms with Crippen LogP contribution in [0.1, 0.15) is 38.7 Å². The van der Waals surface area contributed by atoms with Crippen LogP contribution in [0.4, 0.5) is 4.39 Å². The van der Waals surface area contributed by atoms with Crippen molar-refractivity contribution in [1.29, 1.82) is 0 Å². The number of carbonyl (C=O) groups excluding carboxylic acids is 1. The summed E-state index contributed by atoms with van der Waals surface area (Å²) in [6.07, 6.45) is 7.18. The van der Waals surface area contributed by atoms with E-state index >= 15 is 0 Å². The van der Waals surface area contributed by atoms with Crippen LogP contribution in [0.2, 0.25) is 0 Å². The summed E-state index contributed by atoms with van der Waals surface area (Å²) in [5, 5.41) is 3.45.